The van der Waals surface area contributed by atoms with Crippen molar-refractivity contribution in [1.29, 1.82) is 0 Å². The van der Waals surface area contributed by atoms with E-state index in [0.29, 0.717) is 13.2 Å². The van der Waals surface area contributed by atoms with Crippen LogP contribution in [-0.2, 0) is 62.7 Å². The molecule has 0 spiro atoms. The van der Waals surface area contributed by atoms with Crippen LogP contribution in [0.4, 0.5) is 0 Å². The summed E-state index contributed by atoms with van der Waals surface area (Å²) in [7, 11) is 2.88. The summed E-state index contributed by atoms with van der Waals surface area (Å²) in [6.07, 6.45) is 12.7. The van der Waals surface area contributed by atoms with E-state index in [-0.39, 0.29) is 55.8 Å². The summed E-state index contributed by atoms with van der Waals surface area (Å²) in [5.74, 6) is -1.83. The Morgan fingerprint density at radius 2 is 1.13 bits per heavy atom. The van der Waals surface area contributed by atoms with Gasteiger partial charge in [0, 0.05) is 19.4 Å². The fraction of sp³-hybridized carbons (Fsp3) is 0.614. The number of rotatable bonds is 37. The largest absolute Gasteiger partial charge is 0.497 e. The first kappa shape index (κ1) is 59.5. The van der Waals surface area contributed by atoms with Crippen molar-refractivity contribution < 1.29 is 47.6 Å². The van der Waals surface area contributed by atoms with Crippen molar-refractivity contribution in [3.05, 3.63) is 102 Å². The lowest BCUT2D eigenvalue weighted by Gasteiger charge is -2.36. The zero-order valence-electron chi connectivity index (χ0n) is 43.9. The first-order chi connectivity index (χ1) is 33.8. The lowest BCUT2D eigenvalue weighted by Crippen LogP contribution is -2.60. The molecule has 0 aliphatic carbocycles. The minimum atomic E-state index is -1.20. The first-order valence-corrected chi connectivity index (χ1v) is 25.9. The van der Waals surface area contributed by atoms with Gasteiger partial charge >= 0.3 is 11.9 Å². The van der Waals surface area contributed by atoms with Crippen molar-refractivity contribution in [1.82, 2.24) is 16.0 Å². The highest BCUT2D eigenvalue weighted by atomic mass is 16.5. The number of nitrogens with one attached hydrogen (secondary N) is 3. The topological polar surface area (TPSA) is 160 Å². The molecule has 0 bridgehead atoms. The molecule has 0 heterocycles. The van der Waals surface area contributed by atoms with Gasteiger partial charge in [0.25, 0.3) is 0 Å². The third-order valence-corrected chi connectivity index (χ3v) is 12.9. The van der Waals surface area contributed by atoms with Crippen LogP contribution in [0, 0.1) is 17.8 Å². The van der Waals surface area contributed by atoms with E-state index in [1.54, 1.807) is 14.0 Å². The van der Waals surface area contributed by atoms with Crippen molar-refractivity contribution in [3.8, 4) is 5.75 Å². The van der Waals surface area contributed by atoms with Crippen LogP contribution in [0.25, 0.3) is 0 Å². The smallest absolute Gasteiger partial charge is 0.330 e. The van der Waals surface area contributed by atoms with Gasteiger partial charge in [0.15, 0.2) is 6.04 Å². The van der Waals surface area contributed by atoms with E-state index in [9.17, 15) is 19.2 Å². The second-order valence-corrected chi connectivity index (χ2v) is 19.1. The van der Waals surface area contributed by atoms with Crippen LogP contribution in [0.3, 0.4) is 0 Å². The molecular formula is C57H87N3O10. The summed E-state index contributed by atoms with van der Waals surface area (Å²) in [6.45, 7) is 14.4. The number of carbonyl (C=O) groups excluding carboxylic acids is 4. The number of ether oxygens (including phenoxy) is 6. The Hall–Kier alpha value is -4.82. The lowest BCUT2D eigenvalue weighted by molar-refractivity contribution is -0.155. The molecule has 0 aromatic heterocycles. The number of methoxy groups -OCH3 is 2. The average molecular weight is 974 g/mol. The molecule has 0 saturated carbocycles. The molecule has 3 rings (SSSR count). The summed E-state index contributed by atoms with van der Waals surface area (Å²) in [6, 6.07) is 23.7. The Balaban J connectivity index is 1.78. The maximum atomic E-state index is 14.5. The Morgan fingerprint density at radius 3 is 1.67 bits per heavy atom. The van der Waals surface area contributed by atoms with Gasteiger partial charge in [-0.3, -0.25) is 14.4 Å². The Morgan fingerprint density at radius 1 is 0.600 bits per heavy atom. The van der Waals surface area contributed by atoms with E-state index < -0.39 is 42.0 Å². The fourth-order valence-corrected chi connectivity index (χ4v) is 8.65. The third kappa shape index (κ3) is 22.9. The lowest BCUT2D eigenvalue weighted by atomic mass is 9.86. The number of amides is 2. The summed E-state index contributed by atoms with van der Waals surface area (Å²) >= 11 is 0. The van der Waals surface area contributed by atoms with Crippen molar-refractivity contribution in [2.24, 2.45) is 17.8 Å². The van der Waals surface area contributed by atoms with E-state index in [2.05, 4.69) is 36.7 Å². The standard InChI is InChI=1S/C57H87N3O10/c1-10-11-12-13-14-15-16-17-18-19-26-31-51(70-45(7)61)43(5)54(69-39-48-32-34-49(65-8)35-33-48)42(4)36-58-52(41(2)3)55(62)60-53(44(6)68-38-47-29-24-21-25-30-47)56(63)59-50(57(64)66-9)40-67-37-46-27-22-20-23-28-46/h20-25,27-30,32-35,41-44,50-54,58H,10-19,26,31,36-40H2,1-9H3,(H,59,63)(H,60,62)/t42-,43-,44?,50+,51-,52+,53+,54-/m1/s1. The molecule has 3 aromatic carbocycles. The van der Waals surface area contributed by atoms with Gasteiger partial charge in [0.2, 0.25) is 11.8 Å². The van der Waals surface area contributed by atoms with Crippen LogP contribution in [-0.4, -0.2) is 87.6 Å². The normalized spacial score (nSPS) is 14.9. The van der Waals surface area contributed by atoms with Gasteiger partial charge in [0.1, 0.15) is 17.9 Å². The van der Waals surface area contributed by atoms with E-state index in [1.165, 1.54) is 65.4 Å². The first-order valence-electron chi connectivity index (χ1n) is 25.9. The SMILES string of the molecule is CCCCCCCCCCCCC[C@@H](OC(C)=O)[C@@H](C)[C@H](OCc1ccc(OC)cc1)[C@H](C)CN[C@H](C(=O)N[C@H](C(=O)N[C@@H](COCc1ccccc1)C(=O)OC)C(C)OCc1ccccc1)C(C)C. The summed E-state index contributed by atoms with van der Waals surface area (Å²) < 4.78 is 35.3. The van der Waals surface area contributed by atoms with Gasteiger partial charge in [-0.05, 0) is 60.4 Å². The monoisotopic (exact) mass is 974 g/mol. The molecule has 8 atom stereocenters. The van der Waals surface area contributed by atoms with E-state index >= 15 is 0 Å². The van der Waals surface area contributed by atoms with Crippen LogP contribution >= 0.6 is 0 Å². The Labute approximate surface area is 420 Å². The average Bonchev–Trinajstić information content (AvgIpc) is 3.36. The minimum Gasteiger partial charge on any atom is -0.497 e. The van der Waals surface area contributed by atoms with Crippen molar-refractivity contribution in [2.45, 2.75) is 182 Å². The molecule has 70 heavy (non-hydrogen) atoms. The Kier molecular flexibility index (Phi) is 29.3. The quantitative estimate of drug-likeness (QED) is 0.0373. The third-order valence-electron chi connectivity index (χ3n) is 12.9. The maximum Gasteiger partial charge on any atom is 0.330 e. The van der Waals surface area contributed by atoms with Crippen LogP contribution < -0.4 is 20.7 Å². The number of carbonyl (C=O) groups is 4. The number of hydrogen-bond acceptors (Lipinski definition) is 11. The zero-order valence-corrected chi connectivity index (χ0v) is 43.9. The fourth-order valence-electron chi connectivity index (χ4n) is 8.65. The van der Waals surface area contributed by atoms with Crippen LogP contribution in [0.5, 0.6) is 5.75 Å². The molecule has 0 radical (unpaired) electrons. The number of hydrogen-bond donors (Lipinski definition) is 3. The molecular weight excluding hydrogens is 887 g/mol. The van der Waals surface area contributed by atoms with Gasteiger partial charge in [0.05, 0.1) is 58.9 Å². The van der Waals surface area contributed by atoms with Gasteiger partial charge in [-0.25, -0.2) is 4.79 Å². The van der Waals surface area contributed by atoms with Crippen LogP contribution in [0.1, 0.15) is 142 Å². The number of esters is 2. The number of unbranched alkanes of at least 4 members (excludes halogenated alkanes) is 10. The molecule has 0 aliphatic heterocycles. The van der Waals surface area contributed by atoms with Crippen molar-refractivity contribution in [2.75, 3.05) is 27.4 Å². The van der Waals surface area contributed by atoms with Gasteiger partial charge < -0.3 is 44.4 Å². The molecule has 0 saturated heterocycles. The predicted molar refractivity (Wildman–Crippen MR) is 276 cm³/mol. The van der Waals surface area contributed by atoms with E-state index in [0.717, 1.165) is 48.1 Å². The summed E-state index contributed by atoms with van der Waals surface area (Å²) in [5.41, 5.74) is 2.77. The van der Waals surface area contributed by atoms with E-state index in [1.807, 2.05) is 98.8 Å². The molecule has 390 valence electrons. The predicted octanol–water partition coefficient (Wildman–Crippen LogP) is 10.1. The zero-order chi connectivity index (χ0) is 51.1. The van der Waals surface area contributed by atoms with Crippen molar-refractivity contribution in [3.63, 3.8) is 0 Å². The molecule has 13 nitrogen and oxygen atoms in total. The maximum absolute atomic E-state index is 14.5. The molecule has 13 heteroatoms. The van der Waals surface area contributed by atoms with Gasteiger partial charge in [-0.1, -0.05) is 172 Å². The second kappa shape index (κ2) is 34.5. The highest BCUT2D eigenvalue weighted by Gasteiger charge is 2.36. The van der Waals surface area contributed by atoms with Crippen LogP contribution in [0.2, 0.25) is 0 Å². The summed E-state index contributed by atoms with van der Waals surface area (Å²) in [5, 5.41) is 9.25. The van der Waals surface area contributed by atoms with E-state index in [4.69, 9.17) is 28.4 Å². The molecule has 3 N–H and O–H groups in total. The van der Waals surface area contributed by atoms with Gasteiger partial charge in [-0.15, -0.1) is 0 Å². The molecule has 0 aliphatic rings. The van der Waals surface area contributed by atoms with Gasteiger partial charge in [-0.2, -0.15) is 0 Å². The molecule has 1 unspecified atom stereocenters. The van der Waals surface area contributed by atoms with Crippen LogP contribution in [0.15, 0.2) is 84.9 Å². The molecule has 3 aromatic rings. The highest BCUT2D eigenvalue weighted by molar-refractivity contribution is 5.92. The summed E-state index contributed by atoms with van der Waals surface area (Å²) in [4.78, 5) is 54.2. The molecule has 0 fully saturated rings. The molecule has 2 amide bonds. The van der Waals surface area contributed by atoms with Crippen molar-refractivity contribution >= 4 is 23.8 Å². The number of benzene rings is 3. The highest BCUT2D eigenvalue weighted by Crippen LogP contribution is 2.28. The second-order valence-electron chi connectivity index (χ2n) is 19.1. The Bertz CT molecular complexity index is 1880. The minimum absolute atomic E-state index is 0.151.